The Kier molecular flexibility index (Phi) is 3.70. The molecule has 2 aliphatic rings. The van der Waals surface area contributed by atoms with E-state index in [-0.39, 0.29) is 5.60 Å². The quantitative estimate of drug-likeness (QED) is 0.774. The molecule has 2 heterocycles. The van der Waals surface area contributed by atoms with Gasteiger partial charge in [0, 0.05) is 25.7 Å². The van der Waals surface area contributed by atoms with Crippen LogP contribution in [-0.2, 0) is 14.3 Å². The maximum absolute atomic E-state index is 10.9. The Bertz CT molecular complexity index is 292. The van der Waals surface area contributed by atoms with Crippen LogP contribution in [0.5, 0.6) is 0 Å². The van der Waals surface area contributed by atoms with Gasteiger partial charge >= 0.3 is 5.97 Å². The Morgan fingerprint density at radius 2 is 2.18 bits per heavy atom. The molecule has 0 aromatic carbocycles. The Morgan fingerprint density at radius 1 is 1.41 bits per heavy atom. The van der Waals surface area contributed by atoms with E-state index in [2.05, 4.69) is 18.7 Å². The molecule has 5 heteroatoms. The van der Waals surface area contributed by atoms with Gasteiger partial charge < -0.3 is 14.6 Å². The van der Waals surface area contributed by atoms with E-state index in [4.69, 9.17) is 14.6 Å². The van der Waals surface area contributed by atoms with Crippen molar-refractivity contribution in [3.8, 4) is 0 Å². The number of nitrogens with zero attached hydrogens (tertiary/aromatic N) is 1. The van der Waals surface area contributed by atoms with Crippen LogP contribution in [0.2, 0.25) is 0 Å². The van der Waals surface area contributed by atoms with Crippen molar-refractivity contribution in [2.24, 2.45) is 0 Å². The second kappa shape index (κ2) is 4.92. The smallest absolute Gasteiger partial charge is 0.334 e. The van der Waals surface area contributed by atoms with Crippen LogP contribution in [0.25, 0.3) is 0 Å². The first-order valence-corrected chi connectivity index (χ1v) is 6.20. The van der Waals surface area contributed by atoms with Crippen molar-refractivity contribution in [1.82, 2.24) is 4.90 Å². The molecule has 0 bridgehead atoms. The van der Waals surface area contributed by atoms with Crippen LogP contribution in [0, 0.1) is 0 Å². The van der Waals surface area contributed by atoms with E-state index in [0.717, 1.165) is 26.0 Å². The zero-order chi connectivity index (χ0) is 12.5. The average molecular weight is 243 g/mol. The molecular formula is C12H21NO4. The third-order valence-electron chi connectivity index (χ3n) is 3.56. The fourth-order valence-corrected chi connectivity index (χ4v) is 2.66. The third-order valence-corrected chi connectivity index (χ3v) is 3.56. The first kappa shape index (κ1) is 12.8. The van der Waals surface area contributed by atoms with Gasteiger partial charge in [-0.15, -0.1) is 0 Å². The lowest BCUT2D eigenvalue weighted by Gasteiger charge is -2.43. The molecule has 0 aromatic heterocycles. The topological polar surface area (TPSA) is 59.0 Å². The molecule has 0 aliphatic carbocycles. The summed E-state index contributed by atoms with van der Waals surface area (Å²) < 4.78 is 10.9. The van der Waals surface area contributed by atoms with E-state index in [9.17, 15) is 4.79 Å². The van der Waals surface area contributed by atoms with Crippen molar-refractivity contribution in [2.45, 2.75) is 44.4 Å². The van der Waals surface area contributed by atoms with Gasteiger partial charge in [0.1, 0.15) is 0 Å². The number of morpholine rings is 1. The molecule has 17 heavy (non-hydrogen) atoms. The summed E-state index contributed by atoms with van der Waals surface area (Å²) in [6.07, 6.45) is 1.27. The number of hydrogen-bond donors (Lipinski definition) is 1. The minimum Gasteiger partial charge on any atom is -0.479 e. The van der Waals surface area contributed by atoms with Crippen molar-refractivity contribution in [1.29, 1.82) is 0 Å². The lowest BCUT2D eigenvalue weighted by atomic mass is 9.92. The highest BCUT2D eigenvalue weighted by Gasteiger charge is 2.36. The highest BCUT2D eigenvalue weighted by atomic mass is 16.5. The van der Waals surface area contributed by atoms with Crippen LogP contribution in [-0.4, -0.2) is 60.0 Å². The van der Waals surface area contributed by atoms with Crippen LogP contribution < -0.4 is 0 Å². The minimum atomic E-state index is -0.860. The van der Waals surface area contributed by atoms with Gasteiger partial charge in [0.25, 0.3) is 0 Å². The van der Waals surface area contributed by atoms with E-state index in [1.54, 1.807) is 0 Å². The third kappa shape index (κ3) is 3.18. The highest BCUT2D eigenvalue weighted by molar-refractivity contribution is 5.72. The second-order valence-corrected chi connectivity index (χ2v) is 5.45. The highest BCUT2D eigenvalue weighted by Crippen LogP contribution is 2.28. The molecule has 0 spiro atoms. The Hall–Kier alpha value is -0.650. The van der Waals surface area contributed by atoms with E-state index < -0.39 is 12.1 Å². The molecule has 2 rings (SSSR count). The van der Waals surface area contributed by atoms with Crippen molar-refractivity contribution >= 4 is 5.97 Å². The standard InChI is InChI=1S/C12H21NO4/c1-12(2)7-9(3-5-17-12)13-4-6-16-10(8-13)11(14)15/h9-10H,3-8H2,1-2H3,(H,14,15). The normalized spacial score (nSPS) is 34.5. The van der Waals surface area contributed by atoms with Gasteiger partial charge in [-0.2, -0.15) is 0 Å². The molecule has 98 valence electrons. The number of carboxylic acids is 1. The molecule has 2 unspecified atom stereocenters. The Balaban J connectivity index is 1.95. The Morgan fingerprint density at radius 3 is 2.82 bits per heavy atom. The zero-order valence-electron chi connectivity index (χ0n) is 10.5. The zero-order valence-corrected chi connectivity index (χ0v) is 10.5. The second-order valence-electron chi connectivity index (χ2n) is 5.45. The van der Waals surface area contributed by atoms with E-state index in [1.807, 2.05) is 0 Å². The summed E-state index contributed by atoms with van der Waals surface area (Å²) in [5, 5.41) is 8.98. The molecule has 2 atom stereocenters. The SMILES string of the molecule is CC1(C)CC(N2CCOC(C(=O)O)C2)CCO1. The van der Waals surface area contributed by atoms with Gasteiger partial charge in [-0.1, -0.05) is 0 Å². The lowest BCUT2D eigenvalue weighted by Crippen LogP contribution is -2.53. The largest absolute Gasteiger partial charge is 0.479 e. The van der Waals surface area contributed by atoms with Crippen molar-refractivity contribution in [3.05, 3.63) is 0 Å². The van der Waals surface area contributed by atoms with E-state index >= 15 is 0 Å². The number of rotatable bonds is 2. The number of carboxylic acid groups (broad SMARTS) is 1. The van der Waals surface area contributed by atoms with Crippen LogP contribution in [0.3, 0.4) is 0 Å². The first-order valence-electron chi connectivity index (χ1n) is 6.20. The van der Waals surface area contributed by atoms with Gasteiger partial charge in [-0.25, -0.2) is 4.79 Å². The van der Waals surface area contributed by atoms with Gasteiger partial charge in [-0.3, -0.25) is 4.90 Å². The summed E-state index contributed by atoms with van der Waals surface area (Å²) in [5.74, 6) is -0.860. The summed E-state index contributed by atoms with van der Waals surface area (Å²) in [5.41, 5.74) is -0.0973. The number of hydrogen-bond acceptors (Lipinski definition) is 4. The molecule has 1 N–H and O–H groups in total. The Labute approximate surface area is 102 Å². The fraction of sp³-hybridized carbons (Fsp3) is 0.917. The average Bonchev–Trinajstić information content (AvgIpc) is 2.28. The molecule has 2 saturated heterocycles. The monoisotopic (exact) mass is 243 g/mol. The van der Waals surface area contributed by atoms with Crippen LogP contribution in [0.1, 0.15) is 26.7 Å². The minimum absolute atomic E-state index is 0.0973. The van der Waals surface area contributed by atoms with Crippen molar-refractivity contribution in [2.75, 3.05) is 26.3 Å². The molecule has 0 radical (unpaired) electrons. The lowest BCUT2D eigenvalue weighted by molar-refractivity contribution is -0.160. The predicted molar refractivity (Wildman–Crippen MR) is 62.0 cm³/mol. The van der Waals surface area contributed by atoms with E-state index in [1.165, 1.54) is 0 Å². The number of carbonyl (C=O) groups is 1. The van der Waals surface area contributed by atoms with Crippen molar-refractivity contribution in [3.63, 3.8) is 0 Å². The van der Waals surface area contributed by atoms with Crippen LogP contribution in [0.4, 0.5) is 0 Å². The van der Waals surface area contributed by atoms with Gasteiger partial charge in [0.05, 0.1) is 12.2 Å². The molecular weight excluding hydrogens is 222 g/mol. The van der Waals surface area contributed by atoms with Crippen LogP contribution in [0.15, 0.2) is 0 Å². The predicted octanol–water partition coefficient (Wildman–Crippen LogP) is 0.729. The summed E-state index contributed by atoms with van der Waals surface area (Å²) in [6, 6.07) is 0.421. The molecule has 2 aliphatic heterocycles. The summed E-state index contributed by atoms with van der Waals surface area (Å²) in [4.78, 5) is 13.2. The van der Waals surface area contributed by atoms with Gasteiger partial charge in [0.15, 0.2) is 6.10 Å². The summed E-state index contributed by atoms with van der Waals surface area (Å²) in [6.45, 7) is 6.77. The number of ether oxygens (including phenoxy) is 2. The molecule has 5 nitrogen and oxygen atoms in total. The van der Waals surface area contributed by atoms with E-state index in [0.29, 0.717) is 19.2 Å². The molecule has 2 fully saturated rings. The van der Waals surface area contributed by atoms with Crippen LogP contribution >= 0.6 is 0 Å². The summed E-state index contributed by atoms with van der Waals surface area (Å²) >= 11 is 0. The fourth-order valence-electron chi connectivity index (χ4n) is 2.66. The maximum Gasteiger partial charge on any atom is 0.334 e. The maximum atomic E-state index is 10.9. The first-order chi connectivity index (χ1) is 7.98. The molecule has 0 aromatic rings. The number of aliphatic carboxylic acids is 1. The summed E-state index contributed by atoms with van der Waals surface area (Å²) in [7, 11) is 0. The van der Waals surface area contributed by atoms with Crippen molar-refractivity contribution < 1.29 is 19.4 Å². The molecule has 0 amide bonds. The van der Waals surface area contributed by atoms with Gasteiger partial charge in [0.2, 0.25) is 0 Å². The van der Waals surface area contributed by atoms with Gasteiger partial charge in [-0.05, 0) is 26.7 Å². The molecule has 0 saturated carbocycles.